The number of benzene rings is 1. The number of hydrogen-bond donors (Lipinski definition) is 2. The lowest BCUT2D eigenvalue weighted by atomic mass is 10.1. The van der Waals surface area contributed by atoms with E-state index in [2.05, 4.69) is 15.6 Å². The lowest BCUT2D eigenvalue weighted by Crippen LogP contribution is -2.36. The minimum absolute atomic E-state index is 0.0225. The van der Waals surface area contributed by atoms with Gasteiger partial charge in [0.25, 0.3) is 5.91 Å². The van der Waals surface area contributed by atoms with Gasteiger partial charge in [-0.25, -0.2) is 18.4 Å². The molecule has 6 rings (SSSR count). The van der Waals surface area contributed by atoms with Gasteiger partial charge in [-0.3, -0.25) is 4.79 Å². The van der Waals surface area contributed by atoms with Crippen LogP contribution in [0.5, 0.6) is 5.75 Å². The third-order valence-corrected chi connectivity index (χ3v) is 8.73. The van der Waals surface area contributed by atoms with Crippen molar-refractivity contribution in [1.29, 1.82) is 0 Å². The topological polar surface area (TPSA) is 123 Å². The van der Waals surface area contributed by atoms with Crippen molar-refractivity contribution >= 4 is 43.8 Å². The van der Waals surface area contributed by atoms with E-state index in [-0.39, 0.29) is 22.1 Å². The number of alkyl halides is 2. The molecule has 3 aromatic heterocycles. The maximum atomic E-state index is 13.8. The first-order valence-electron chi connectivity index (χ1n) is 13.4. The van der Waals surface area contributed by atoms with Crippen LogP contribution in [0.3, 0.4) is 0 Å². The van der Waals surface area contributed by atoms with Crippen molar-refractivity contribution in [2.75, 3.05) is 30.8 Å². The molecule has 1 saturated carbocycles. The van der Waals surface area contributed by atoms with Crippen LogP contribution in [0.25, 0.3) is 33.6 Å². The zero-order valence-electron chi connectivity index (χ0n) is 22.9. The second-order valence-electron chi connectivity index (χ2n) is 10.7. The maximum absolute atomic E-state index is 13.8. The Balaban J connectivity index is 1.48. The summed E-state index contributed by atoms with van der Waals surface area (Å²) in [4.78, 5) is 22.3. The van der Waals surface area contributed by atoms with Gasteiger partial charge in [0.15, 0.2) is 5.82 Å². The number of nitrogens with one attached hydrogen (secondary N) is 2. The average molecular weight is 588 g/mol. The number of hydrogen-bond acceptors (Lipinski definition) is 7. The largest absolute Gasteiger partial charge is 0.494 e. The number of aryl methyl sites for hydroxylation is 1. The number of carbonyl (C=O) groups excluding carboxylic acids is 1. The molecular formula is C27H31F2N7O4S. The lowest BCUT2D eigenvalue weighted by molar-refractivity contribution is 0.0939. The minimum Gasteiger partial charge on any atom is -0.494 e. The summed E-state index contributed by atoms with van der Waals surface area (Å²) in [5.41, 5.74) is 2.78. The zero-order valence-corrected chi connectivity index (χ0v) is 23.7. The van der Waals surface area contributed by atoms with Crippen LogP contribution in [0.2, 0.25) is 0 Å². The number of imidazole rings is 1. The zero-order chi connectivity index (χ0) is 29.1. The van der Waals surface area contributed by atoms with Crippen LogP contribution in [0, 0.1) is 5.92 Å². The van der Waals surface area contributed by atoms with Crippen LogP contribution < -0.4 is 19.7 Å². The number of rotatable bonds is 9. The smallest absolute Gasteiger partial charge is 0.329 e. The summed E-state index contributed by atoms with van der Waals surface area (Å²) in [6.45, 7) is -1.12. The Kier molecular flexibility index (Phi) is 6.85. The molecule has 1 aromatic carbocycles. The maximum Gasteiger partial charge on any atom is 0.329 e. The van der Waals surface area contributed by atoms with E-state index in [1.54, 1.807) is 18.2 Å². The first kappa shape index (κ1) is 27.4. The fraction of sp³-hybridized carbons (Fsp3) is 0.444. The molecule has 1 aliphatic heterocycles. The summed E-state index contributed by atoms with van der Waals surface area (Å²) in [6, 6.07) is 8.23. The highest BCUT2D eigenvalue weighted by atomic mass is 32.2. The molecule has 1 aliphatic carbocycles. The van der Waals surface area contributed by atoms with Gasteiger partial charge in [0.05, 0.1) is 24.6 Å². The predicted molar refractivity (Wildman–Crippen MR) is 151 cm³/mol. The molecule has 1 saturated heterocycles. The second-order valence-corrected chi connectivity index (χ2v) is 12.6. The highest BCUT2D eigenvalue weighted by Crippen LogP contribution is 2.38. The van der Waals surface area contributed by atoms with Gasteiger partial charge in [0.1, 0.15) is 22.7 Å². The molecule has 1 atom stereocenters. The first-order chi connectivity index (χ1) is 19.5. The van der Waals surface area contributed by atoms with Gasteiger partial charge >= 0.3 is 6.55 Å². The molecule has 0 spiro atoms. The molecular weight excluding hydrogens is 556 g/mol. The molecule has 0 bridgehead atoms. The minimum atomic E-state index is -4.26. The number of ether oxygens (including phenoxy) is 1. The first-order valence-corrected chi connectivity index (χ1v) is 15.2. The van der Waals surface area contributed by atoms with Crippen molar-refractivity contribution in [2.45, 2.75) is 38.4 Å². The van der Waals surface area contributed by atoms with E-state index in [9.17, 15) is 22.0 Å². The number of fused-ring (bicyclic) bond motifs is 2. The normalized spacial score (nSPS) is 17.6. The average Bonchev–Trinajstić information content (AvgIpc) is 3.29. The summed E-state index contributed by atoms with van der Waals surface area (Å²) < 4.78 is 61.3. The van der Waals surface area contributed by atoms with E-state index in [4.69, 9.17) is 9.72 Å². The van der Waals surface area contributed by atoms with Crippen LogP contribution in [0.15, 0.2) is 30.3 Å². The van der Waals surface area contributed by atoms with Crippen molar-refractivity contribution in [3.63, 3.8) is 0 Å². The van der Waals surface area contributed by atoms with Gasteiger partial charge in [0, 0.05) is 37.1 Å². The predicted octanol–water partition coefficient (Wildman–Crippen LogP) is 3.09. The number of nitrogens with zero attached hydrogens (tertiary/aromatic N) is 5. The Morgan fingerprint density at radius 1 is 1.22 bits per heavy atom. The van der Waals surface area contributed by atoms with Crippen molar-refractivity contribution in [1.82, 2.24) is 29.7 Å². The number of carbonyl (C=O) groups is 1. The van der Waals surface area contributed by atoms with Crippen molar-refractivity contribution in [3.8, 4) is 17.3 Å². The van der Waals surface area contributed by atoms with Gasteiger partial charge in [0.2, 0.25) is 10.0 Å². The van der Waals surface area contributed by atoms with Crippen LogP contribution in [-0.4, -0.2) is 72.5 Å². The van der Waals surface area contributed by atoms with E-state index >= 15 is 0 Å². The summed E-state index contributed by atoms with van der Waals surface area (Å²) >= 11 is 0. The number of aromatic nitrogens is 4. The summed E-state index contributed by atoms with van der Waals surface area (Å²) in [7, 11) is -0.878. The van der Waals surface area contributed by atoms with Crippen molar-refractivity contribution in [3.05, 3.63) is 35.9 Å². The van der Waals surface area contributed by atoms with Gasteiger partial charge in [-0.2, -0.15) is 13.1 Å². The standard InChI is InChI=1S/C27H31F2N7O4S/c1-34-23-19(10-17(12-21(23)40-2)26(37)31-18-8-9-30-13-18)32-25(34)20-11-16-6-7-22(36(27(28)29)41(3,38)39)33-24(16)35(20)14-15-4-5-15/h6-7,10-12,15,18,27,30H,4-5,8-9,13-14H2,1-3H3,(H,31,37)/t18-/m0/s1. The Hall–Kier alpha value is -3.78. The van der Waals surface area contributed by atoms with Crippen LogP contribution in [-0.2, 0) is 23.6 Å². The molecule has 0 unspecified atom stereocenters. The highest BCUT2D eigenvalue weighted by molar-refractivity contribution is 7.92. The number of pyridine rings is 1. The number of sulfonamides is 1. The Bertz CT molecular complexity index is 1760. The molecule has 1 amide bonds. The van der Waals surface area contributed by atoms with E-state index in [1.807, 2.05) is 22.2 Å². The molecule has 218 valence electrons. The monoisotopic (exact) mass is 587 g/mol. The Labute approximate surface area is 235 Å². The summed E-state index contributed by atoms with van der Waals surface area (Å²) in [6.07, 6.45) is 3.64. The van der Waals surface area contributed by atoms with E-state index < -0.39 is 16.6 Å². The van der Waals surface area contributed by atoms with Crippen LogP contribution in [0.4, 0.5) is 14.6 Å². The van der Waals surface area contributed by atoms with Crippen LogP contribution >= 0.6 is 0 Å². The molecule has 4 aromatic rings. The Morgan fingerprint density at radius 3 is 2.63 bits per heavy atom. The molecule has 11 nitrogen and oxygen atoms in total. The SMILES string of the molecule is COc1cc(C(=O)N[C@H]2CCNC2)cc2nc(-c3cc4ccc(N(C(F)F)S(C)(=O)=O)nc4n3CC3CC3)n(C)c12. The number of methoxy groups -OCH3 is 1. The molecule has 2 N–H and O–H groups in total. The lowest BCUT2D eigenvalue weighted by Gasteiger charge is -2.20. The number of halogens is 2. The molecule has 0 radical (unpaired) electrons. The van der Waals surface area contributed by atoms with Gasteiger partial charge in [-0.05, 0) is 62.1 Å². The van der Waals surface area contributed by atoms with Crippen molar-refractivity contribution in [2.24, 2.45) is 13.0 Å². The number of anilines is 1. The van der Waals surface area contributed by atoms with Gasteiger partial charge in [-0.1, -0.05) is 0 Å². The summed E-state index contributed by atoms with van der Waals surface area (Å²) in [5.74, 6) is 0.895. The van der Waals surface area contributed by atoms with Gasteiger partial charge in [-0.15, -0.1) is 0 Å². The van der Waals surface area contributed by atoms with Crippen LogP contribution in [0.1, 0.15) is 29.6 Å². The molecule has 4 heterocycles. The number of amides is 1. The fourth-order valence-corrected chi connectivity index (χ4v) is 6.19. The molecule has 14 heteroatoms. The van der Waals surface area contributed by atoms with Crippen molar-refractivity contribution < 1.29 is 26.7 Å². The molecule has 2 aliphatic rings. The molecule has 2 fully saturated rings. The van der Waals surface area contributed by atoms with E-state index in [0.29, 0.717) is 57.4 Å². The van der Waals surface area contributed by atoms with Gasteiger partial charge < -0.3 is 24.5 Å². The van der Waals surface area contributed by atoms with E-state index in [1.165, 1.54) is 13.2 Å². The third kappa shape index (κ3) is 5.10. The fourth-order valence-electron chi connectivity index (χ4n) is 5.46. The van der Waals surface area contributed by atoms with E-state index in [0.717, 1.165) is 38.6 Å². The quantitative estimate of drug-likeness (QED) is 0.289. The summed E-state index contributed by atoms with van der Waals surface area (Å²) in [5, 5.41) is 6.95. The third-order valence-electron chi connectivity index (χ3n) is 7.67. The highest BCUT2D eigenvalue weighted by Gasteiger charge is 2.30. The molecule has 41 heavy (non-hydrogen) atoms. The Morgan fingerprint density at radius 2 is 2.00 bits per heavy atom. The second kappa shape index (κ2) is 10.2.